The van der Waals surface area contributed by atoms with Gasteiger partial charge in [0.15, 0.2) is 5.75 Å². The van der Waals surface area contributed by atoms with Gasteiger partial charge in [-0.05, 0) is 60.0 Å². The molecule has 0 bridgehead atoms. The van der Waals surface area contributed by atoms with Gasteiger partial charge in [0, 0.05) is 26.7 Å². The predicted octanol–water partition coefficient (Wildman–Crippen LogP) is 7.49. The van der Waals surface area contributed by atoms with E-state index in [1.165, 1.54) is 24.3 Å². The molecule has 5 aromatic carbocycles. The minimum Gasteiger partial charge on any atom is -0.508 e. The number of azo groups is 2. The number of nitrogen functional groups attached to an aromatic ring is 1. The zero-order valence-electron chi connectivity index (χ0n) is 20.6. The summed E-state index contributed by atoms with van der Waals surface area (Å²) in [5, 5.41) is 50.5. The van der Waals surface area contributed by atoms with Crippen LogP contribution in [-0.4, -0.2) is 28.4 Å². The summed E-state index contributed by atoms with van der Waals surface area (Å²) in [5.74, 6) is -0.524. The zero-order valence-corrected chi connectivity index (χ0v) is 22.2. The lowest BCUT2D eigenvalue weighted by molar-refractivity contribution is -0.432. The molecule has 208 valence electrons. The second-order valence-corrected chi connectivity index (χ2v) is 10.6. The molecule has 0 saturated carbocycles. The van der Waals surface area contributed by atoms with E-state index < -0.39 is 26.5 Å². The molecule has 0 atom stereocenters. The molecule has 15 heteroatoms. The summed E-state index contributed by atoms with van der Waals surface area (Å²) in [6.07, 6.45) is 0. The zero-order chi connectivity index (χ0) is 29.1. The molecule has 5 aromatic rings. The van der Waals surface area contributed by atoms with E-state index in [4.69, 9.17) is 11.0 Å². The number of anilines is 1. The van der Waals surface area contributed by atoms with E-state index in [9.17, 15) is 23.2 Å². The Hall–Kier alpha value is -4.64. The molecule has 6 N–H and O–H groups in total. The number of fused-ring (bicyclic) bond motifs is 2. The predicted molar refractivity (Wildman–Crippen MR) is 151 cm³/mol. The summed E-state index contributed by atoms with van der Waals surface area (Å²) >= 11 is 0.573. The Balaban J connectivity index is 1.60. The van der Waals surface area contributed by atoms with Crippen molar-refractivity contribution in [2.45, 2.75) is 9.79 Å². The standard InChI is InChI=1S/C26H19N5O8S2/c27-20-13-17(40-39-38-34)11-14-12-23(41(35,36)37)25(26(33)24(14)20)31-30-22-10-9-21(18-3-1-2-4-19(18)22)29-28-15-5-7-16(32)8-6-15/h1-13,32-34H,27H2,(H,35,36,37). The molecule has 0 amide bonds. The fourth-order valence-electron chi connectivity index (χ4n) is 4.06. The van der Waals surface area contributed by atoms with Crippen molar-refractivity contribution in [1.82, 2.24) is 0 Å². The number of rotatable bonds is 8. The minimum absolute atomic E-state index is 0.0242. The molecule has 0 unspecified atom stereocenters. The Kier molecular flexibility index (Phi) is 7.80. The van der Waals surface area contributed by atoms with Crippen LogP contribution < -0.4 is 5.73 Å². The second kappa shape index (κ2) is 11.5. The Morgan fingerprint density at radius 3 is 2.05 bits per heavy atom. The van der Waals surface area contributed by atoms with Crippen LogP contribution in [0.1, 0.15) is 0 Å². The van der Waals surface area contributed by atoms with Crippen molar-refractivity contribution < 1.29 is 37.8 Å². The highest BCUT2D eigenvalue weighted by Crippen LogP contribution is 2.45. The second-order valence-electron chi connectivity index (χ2n) is 8.45. The van der Waals surface area contributed by atoms with E-state index in [2.05, 4.69) is 29.8 Å². The van der Waals surface area contributed by atoms with Gasteiger partial charge in [-0.1, -0.05) is 29.3 Å². The molecule has 0 heterocycles. The van der Waals surface area contributed by atoms with Crippen molar-refractivity contribution in [1.29, 1.82) is 0 Å². The lowest BCUT2D eigenvalue weighted by Gasteiger charge is -2.12. The van der Waals surface area contributed by atoms with Crippen LogP contribution in [0.2, 0.25) is 0 Å². The highest BCUT2D eigenvalue weighted by Gasteiger charge is 2.24. The van der Waals surface area contributed by atoms with Gasteiger partial charge in [0.25, 0.3) is 10.1 Å². The molecule has 0 radical (unpaired) electrons. The molecule has 5 rings (SSSR count). The SMILES string of the molecule is Nc1cc(SOOO)cc2cc(S(=O)(=O)O)c(N=Nc3ccc(N=Nc4ccc(O)cc4)c4ccccc34)c(O)c12. The number of hydrogen-bond donors (Lipinski definition) is 5. The van der Waals surface area contributed by atoms with Crippen molar-refractivity contribution in [3.05, 3.63) is 78.9 Å². The Morgan fingerprint density at radius 2 is 1.44 bits per heavy atom. The number of benzene rings is 5. The lowest BCUT2D eigenvalue weighted by atomic mass is 10.1. The maximum atomic E-state index is 12.3. The molecule has 13 nitrogen and oxygen atoms in total. The summed E-state index contributed by atoms with van der Waals surface area (Å²) in [7, 11) is -4.88. The van der Waals surface area contributed by atoms with Gasteiger partial charge in [0.05, 0.1) is 29.1 Å². The van der Waals surface area contributed by atoms with Gasteiger partial charge in [-0.25, -0.2) is 5.26 Å². The quantitative estimate of drug-likeness (QED) is 0.0299. The first kappa shape index (κ1) is 27.9. The summed E-state index contributed by atoms with van der Waals surface area (Å²) in [6.45, 7) is 0. The van der Waals surface area contributed by atoms with Crippen molar-refractivity contribution in [2.75, 3.05) is 5.73 Å². The molecule has 0 aliphatic heterocycles. The van der Waals surface area contributed by atoms with Crippen molar-refractivity contribution >= 4 is 72.1 Å². The molecular formula is C26H19N5O8S2. The molecule has 0 fully saturated rings. The first-order chi connectivity index (χ1) is 19.7. The molecule has 41 heavy (non-hydrogen) atoms. The van der Waals surface area contributed by atoms with Crippen LogP contribution in [0.25, 0.3) is 21.5 Å². The van der Waals surface area contributed by atoms with Gasteiger partial charge in [-0.2, -0.15) is 13.5 Å². The van der Waals surface area contributed by atoms with E-state index in [1.807, 2.05) is 0 Å². The number of phenols is 2. The minimum atomic E-state index is -4.88. The van der Waals surface area contributed by atoms with Crippen molar-refractivity contribution in [3.8, 4) is 11.5 Å². The lowest BCUT2D eigenvalue weighted by Crippen LogP contribution is -2.00. The Morgan fingerprint density at radius 1 is 0.805 bits per heavy atom. The third-order valence-electron chi connectivity index (χ3n) is 5.85. The van der Waals surface area contributed by atoms with Crippen molar-refractivity contribution in [2.24, 2.45) is 20.5 Å². The van der Waals surface area contributed by atoms with Gasteiger partial charge in [-0.3, -0.25) is 4.55 Å². The maximum absolute atomic E-state index is 12.3. The van der Waals surface area contributed by atoms with E-state index in [0.717, 1.165) is 6.07 Å². The summed E-state index contributed by atoms with van der Waals surface area (Å²) in [6, 6.07) is 20.4. The third-order valence-corrected chi connectivity index (χ3v) is 7.28. The molecule has 0 spiro atoms. The smallest absolute Gasteiger partial charge is 0.296 e. The monoisotopic (exact) mass is 593 g/mol. The van der Waals surface area contributed by atoms with Crippen molar-refractivity contribution in [3.63, 3.8) is 0 Å². The number of nitrogens with two attached hydrogens (primary N) is 1. The maximum Gasteiger partial charge on any atom is 0.296 e. The van der Waals surface area contributed by atoms with Gasteiger partial charge in [0.2, 0.25) is 0 Å². The van der Waals surface area contributed by atoms with Gasteiger partial charge in [0.1, 0.15) is 16.3 Å². The first-order valence-electron chi connectivity index (χ1n) is 11.5. The Labute approximate surface area is 236 Å². The molecule has 0 aliphatic rings. The number of aromatic hydroxyl groups is 2. The summed E-state index contributed by atoms with van der Waals surface area (Å²) < 4.78 is 38.8. The fraction of sp³-hybridized carbons (Fsp3) is 0. The van der Waals surface area contributed by atoms with Crippen LogP contribution >= 0.6 is 12.0 Å². The van der Waals surface area contributed by atoms with Crippen LogP contribution in [0, 0.1) is 0 Å². The molecular weight excluding hydrogens is 574 g/mol. The number of nitrogens with zero attached hydrogens (tertiary/aromatic N) is 4. The topological polar surface area (TPSA) is 209 Å². The molecule has 0 aliphatic carbocycles. The highest BCUT2D eigenvalue weighted by molar-refractivity contribution is 7.94. The number of hydrogen-bond acceptors (Lipinski definition) is 13. The van der Waals surface area contributed by atoms with Crippen LogP contribution in [-0.2, 0) is 19.5 Å². The summed E-state index contributed by atoms with van der Waals surface area (Å²) in [5.41, 5.74) is 6.93. The molecule has 0 aromatic heterocycles. The Bertz CT molecular complexity index is 1950. The van der Waals surface area contributed by atoms with E-state index in [-0.39, 0.29) is 22.2 Å². The number of phenolic OH excluding ortho intramolecular Hbond substituents is 2. The molecule has 0 saturated heterocycles. The average molecular weight is 594 g/mol. The van der Waals surface area contributed by atoms with Gasteiger partial charge >= 0.3 is 0 Å². The normalized spacial score (nSPS) is 12.2. The van der Waals surface area contributed by atoms with Gasteiger partial charge < -0.3 is 15.9 Å². The average Bonchev–Trinajstić information content (AvgIpc) is 2.94. The van der Waals surface area contributed by atoms with Gasteiger partial charge in [-0.15, -0.1) is 19.7 Å². The van der Waals surface area contributed by atoms with Crippen LogP contribution in [0.4, 0.5) is 28.4 Å². The van der Waals surface area contributed by atoms with Crippen LogP contribution in [0.5, 0.6) is 11.5 Å². The summed E-state index contributed by atoms with van der Waals surface area (Å²) in [4.78, 5) is -0.413. The van der Waals surface area contributed by atoms with Crippen LogP contribution in [0.3, 0.4) is 0 Å². The van der Waals surface area contributed by atoms with E-state index in [0.29, 0.717) is 44.8 Å². The largest absolute Gasteiger partial charge is 0.508 e. The third kappa shape index (κ3) is 5.94. The highest BCUT2D eigenvalue weighted by atomic mass is 32.2. The van der Waals surface area contributed by atoms with E-state index in [1.54, 1.807) is 48.5 Å². The first-order valence-corrected chi connectivity index (χ1v) is 13.7. The fourth-order valence-corrected chi connectivity index (χ4v) is 5.18. The van der Waals surface area contributed by atoms with Crippen LogP contribution in [0.15, 0.2) is 109 Å². The van der Waals surface area contributed by atoms with E-state index >= 15 is 0 Å².